The van der Waals surface area contributed by atoms with E-state index in [0.29, 0.717) is 22.7 Å². The van der Waals surface area contributed by atoms with Crippen LogP contribution in [-0.4, -0.2) is 19.9 Å². The Morgan fingerprint density at radius 2 is 0.975 bits per heavy atom. The standard InChI is InChI=1S/C36H38N4/c1-35(2)21-17-27(35)25-13-15-31(39-33(25)19-21)29-9-5-7-23(37-29)11-12-24-8-6-10-30(38-24)32-16-14-26-28-18-22(36(28,3)4)20-34(26)40-32/h5-10,13-16,21-22,27-28H,11-12,17-20H2,1-4H3/t21-,22-,27+,28+/m1/s1. The molecule has 0 spiro atoms. The van der Waals surface area contributed by atoms with Crippen LogP contribution in [0.1, 0.15) is 86.3 Å². The molecule has 4 heteroatoms. The summed E-state index contributed by atoms with van der Waals surface area (Å²) < 4.78 is 0. The normalized spacial score (nSPS) is 26.2. The molecular weight excluding hydrogens is 488 g/mol. The quantitative estimate of drug-likeness (QED) is 0.267. The predicted octanol–water partition coefficient (Wildman–Crippen LogP) is 7.76. The number of nitrogens with zero attached hydrogens (tertiary/aromatic N) is 4. The van der Waals surface area contributed by atoms with Crippen molar-refractivity contribution in [1.82, 2.24) is 19.9 Å². The minimum atomic E-state index is 0.424. The SMILES string of the molecule is CC1(C)[C@H]2Cc3nc(-c4cccc(CCc5cccc(-c6ccc7c(n6)C[C@H]6C[C@@H]7C6(C)C)n5)n4)ccc3[C@@H]1C2. The van der Waals surface area contributed by atoms with Crippen LogP contribution >= 0.6 is 0 Å². The second kappa shape index (κ2) is 8.55. The molecule has 0 amide bonds. The van der Waals surface area contributed by atoms with Gasteiger partial charge in [-0.25, -0.2) is 0 Å². The van der Waals surface area contributed by atoms with Crippen LogP contribution in [0.5, 0.6) is 0 Å². The van der Waals surface area contributed by atoms with Crippen molar-refractivity contribution in [1.29, 1.82) is 0 Å². The zero-order valence-corrected chi connectivity index (χ0v) is 24.1. The molecule has 4 nitrogen and oxygen atoms in total. The van der Waals surface area contributed by atoms with Gasteiger partial charge in [0.2, 0.25) is 0 Å². The number of aromatic nitrogens is 4. The summed E-state index contributed by atoms with van der Waals surface area (Å²) in [6.45, 7) is 9.68. The van der Waals surface area contributed by atoms with Crippen molar-refractivity contribution < 1.29 is 0 Å². The lowest BCUT2D eigenvalue weighted by molar-refractivity contribution is 0.0170. The molecule has 4 aromatic rings. The van der Waals surface area contributed by atoms with Gasteiger partial charge in [-0.15, -0.1) is 0 Å². The van der Waals surface area contributed by atoms with E-state index in [1.54, 1.807) is 0 Å². The molecule has 10 rings (SSSR count). The lowest BCUT2D eigenvalue weighted by Gasteiger charge is -2.56. The van der Waals surface area contributed by atoms with Crippen molar-refractivity contribution in [2.45, 2.75) is 78.1 Å². The number of rotatable bonds is 5. The second-order valence-electron chi connectivity index (χ2n) is 14.0. The topological polar surface area (TPSA) is 51.6 Å². The summed E-state index contributed by atoms with van der Waals surface area (Å²) >= 11 is 0. The molecule has 2 saturated carbocycles. The Kier molecular flexibility index (Phi) is 5.22. The molecule has 6 aliphatic rings. The fourth-order valence-corrected chi connectivity index (χ4v) is 8.30. The summed E-state index contributed by atoms with van der Waals surface area (Å²) in [6, 6.07) is 21.7. The third-order valence-corrected chi connectivity index (χ3v) is 11.4. The van der Waals surface area contributed by atoms with Gasteiger partial charge >= 0.3 is 0 Å². The Balaban J connectivity index is 0.986. The van der Waals surface area contributed by atoms with E-state index >= 15 is 0 Å². The predicted molar refractivity (Wildman–Crippen MR) is 159 cm³/mol. The summed E-state index contributed by atoms with van der Waals surface area (Å²) in [6.07, 6.45) is 6.56. The van der Waals surface area contributed by atoms with E-state index in [0.717, 1.165) is 71.7 Å². The number of hydrogen-bond donors (Lipinski definition) is 0. The van der Waals surface area contributed by atoms with Crippen LogP contribution in [0.15, 0.2) is 60.7 Å². The van der Waals surface area contributed by atoms with Gasteiger partial charge in [0.05, 0.1) is 22.8 Å². The van der Waals surface area contributed by atoms with Crippen LogP contribution in [0.3, 0.4) is 0 Å². The van der Waals surface area contributed by atoms with Crippen LogP contribution in [0.4, 0.5) is 0 Å². The molecule has 0 aromatic carbocycles. The molecule has 0 saturated heterocycles. The smallest absolute Gasteiger partial charge is 0.0889 e. The van der Waals surface area contributed by atoms with Crippen molar-refractivity contribution in [3.05, 3.63) is 94.6 Å². The molecule has 6 aliphatic carbocycles. The molecule has 0 aliphatic heterocycles. The van der Waals surface area contributed by atoms with E-state index in [-0.39, 0.29) is 0 Å². The average Bonchev–Trinajstić information content (AvgIpc) is 2.99. The van der Waals surface area contributed by atoms with Gasteiger partial charge in [-0.3, -0.25) is 19.9 Å². The minimum Gasteiger partial charge on any atom is -0.251 e. The van der Waals surface area contributed by atoms with E-state index in [4.69, 9.17) is 19.9 Å². The van der Waals surface area contributed by atoms with E-state index in [1.165, 1.54) is 35.4 Å². The Morgan fingerprint density at radius 1 is 0.550 bits per heavy atom. The Bertz CT molecular complexity index is 1530. The number of pyridine rings is 4. The molecule has 4 heterocycles. The Hall–Kier alpha value is -3.40. The van der Waals surface area contributed by atoms with E-state index in [1.807, 2.05) is 0 Å². The first-order chi connectivity index (χ1) is 19.3. The summed E-state index contributed by atoms with van der Waals surface area (Å²) in [5.74, 6) is 2.87. The number of hydrogen-bond acceptors (Lipinski definition) is 4. The van der Waals surface area contributed by atoms with E-state index < -0.39 is 0 Å². The van der Waals surface area contributed by atoms with Crippen LogP contribution in [0, 0.1) is 22.7 Å². The third-order valence-electron chi connectivity index (χ3n) is 11.4. The molecule has 2 fully saturated rings. The highest BCUT2D eigenvalue weighted by Gasteiger charge is 2.53. The van der Waals surface area contributed by atoms with Gasteiger partial charge in [-0.1, -0.05) is 52.0 Å². The molecule has 0 unspecified atom stereocenters. The van der Waals surface area contributed by atoms with E-state index in [2.05, 4.69) is 88.4 Å². The minimum absolute atomic E-state index is 0.424. The van der Waals surface area contributed by atoms with Crippen molar-refractivity contribution in [2.75, 3.05) is 0 Å². The van der Waals surface area contributed by atoms with Gasteiger partial charge in [-0.05, 0) is 121 Å². The number of aryl methyl sites for hydroxylation is 2. The van der Waals surface area contributed by atoms with Crippen LogP contribution in [0.2, 0.25) is 0 Å². The summed E-state index contributed by atoms with van der Waals surface area (Å²) in [7, 11) is 0. The highest BCUT2D eigenvalue weighted by Crippen LogP contribution is 2.62. The average molecular weight is 527 g/mol. The molecule has 4 aromatic heterocycles. The van der Waals surface area contributed by atoms with E-state index in [9.17, 15) is 0 Å². The summed E-state index contributed by atoms with van der Waals surface area (Å²) in [5, 5.41) is 0. The Morgan fingerprint density at radius 3 is 1.40 bits per heavy atom. The lowest BCUT2D eigenvalue weighted by Crippen LogP contribution is -2.48. The molecular formula is C36H38N4. The maximum Gasteiger partial charge on any atom is 0.0889 e. The second-order valence-corrected chi connectivity index (χ2v) is 14.0. The van der Waals surface area contributed by atoms with Crippen LogP contribution in [-0.2, 0) is 25.7 Å². The molecule has 4 bridgehead atoms. The van der Waals surface area contributed by atoms with Gasteiger partial charge in [-0.2, -0.15) is 0 Å². The Labute approximate surface area is 237 Å². The first kappa shape index (κ1) is 24.4. The fourth-order valence-electron chi connectivity index (χ4n) is 8.30. The maximum absolute atomic E-state index is 5.10. The van der Waals surface area contributed by atoms with Crippen molar-refractivity contribution in [2.24, 2.45) is 22.7 Å². The fraction of sp³-hybridized carbons (Fsp3) is 0.444. The van der Waals surface area contributed by atoms with Gasteiger partial charge in [0.1, 0.15) is 0 Å². The van der Waals surface area contributed by atoms with Gasteiger partial charge < -0.3 is 0 Å². The van der Waals surface area contributed by atoms with Crippen LogP contribution in [0.25, 0.3) is 22.8 Å². The highest BCUT2D eigenvalue weighted by atomic mass is 14.8. The lowest BCUT2D eigenvalue weighted by atomic mass is 9.48. The molecule has 40 heavy (non-hydrogen) atoms. The third kappa shape index (κ3) is 3.64. The monoisotopic (exact) mass is 526 g/mol. The van der Waals surface area contributed by atoms with Crippen LogP contribution < -0.4 is 0 Å². The highest BCUT2D eigenvalue weighted by molar-refractivity contribution is 5.57. The van der Waals surface area contributed by atoms with Gasteiger partial charge in [0, 0.05) is 22.8 Å². The summed E-state index contributed by atoms with van der Waals surface area (Å²) in [4.78, 5) is 20.2. The van der Waals surface area contributed by atoms with Gasteiger partial charge in [0.25, 0.3) is 0 Å². The molecule has 0 radical (unpaired) electrons. The largest absolute Gasteiger partial charge is 0.251 e. The molecule has 0 N–H and O–H groups in total. The molecule has 202 valence electrons. The van der Waals surface area contributed by atoms with Gasteiger partial charge in [0.15, 0.2) is 0 Å². The zero-order valence-electron chi connectivity index (χ0n) is 24.1. The van der Waals surface area contributed by atoms with Crippen molar-refractivity contribution in [3.63, 3.8) is 0 Å². The zero-order chi connectivity index (χ0) is 27.2. The first-order valence-electron chi connectivity index (χ1n) is 15.2. The summed E-state index contributed by atoms with van der Waals surface area (Å²) in [5.41, 5.74) is 12.5. The van der Waals surface area contributed by atoms with Crippen molar-refractivity contribution in [3.8, 4) is 22.8 Å². The first-order valence-corrected chi connectivity index (χ1v) is 15.2. The molecule has 4 atom stereocenters. The maximum atomic E-state index is 5.10. The van der Waals surface area contributed by atoms with Crippen molar-refractivity contribution >= 4 is 0 Å².